The molecule has 0 heterocycles. The number of nitrogens with two attached hydrogens (primary N) is 1. The maximum Gasteiger partial charge on any atom is 0.242 e. The summed E-state index contributed by atoms with van der Waals surface area (Å²) < 4.78 is 0. The number of likely N-dealkylation sites (N-methyl/N-ethyl adjacent to an activating group) is 1. The van der Waals surface area contributed by atoms with E-state index in [1.54, 1.807) is 0 Å². The van der Waals surface area contributed by atoms with Gasteiger partial charge in [-0.15, -0.1) is 0 Å². The molecule has 2 aliphatic rings. The molecule has 0 radical (unpaired) electrons. The van der Waals surface area contributed by atoms with Gasteiger partial charge in [0.15, 0.2) is 0 Å². The monoisotopic (exact) mass is 266 g/mol. The van der Waals surface area contributed by atoms with E-state index >= 15 is 0 Å². The number of hydrogen-bond acceptors (Lipinski definition) is 2. The molecular formula is C16H30N2O. The number of nitrogens with zero attached hydrogens (tertiary/aromatic N) is 1. The van der Waals surface area contributed by atoms with Gasteiger partial charge >= 0.3 is 0 Å². The molecule has 0 aliphatic heterocycles. The van der Waals surface area contributed by atoms with Crippen molar-refractivity contribution in [3.63, 3.8) is 0 Å². The summed E-state index contributed by atoms with van der Waals surface area (Å²) in [7, 11) is 1.97. The zero-order valence-corrected chi connectivity index (χ0v) is 12.8. The molecule has 2 unspecified atom stereocenters. The standard InChI is InChI=1S/C16H30N2O/c1-12-6-8-14(9-7-12)18(3)15(19)16(17)10-4-5-13(2)11-16/h12-14H,4-11,17H2,1-3H3. The van der Waals surface area contributed by atoms with Crippen LogP contribution in [0, 0.1) is 11.8 Å². The quantitative estimate of drug-likeness (QED) is 0.835. The van der Waals surface area contributed by atoms with Gasteiger partial charge < -0.3 is 10.6 Å². The van der Waals surface area contributed by atoms with Crippen molar-refractivity contribution in [3.8, 4) is 0 Å². The minimum Gasteiger partial charge on any atom is -0.341 e. The molecule has 110 valence electrons. The van der Waals surface area contributed by atoms with Gasteiger partial charge in [0.25, 0.3) is 0 Å². The van der Waals surface area contributed by atoms with E-state index in [9.17, 15) is 4.79 Å². The number of rotatable bonds is 2. The second kappa shape index (κ2) is 5.82. The molecule has 2 fully saturated rings. The van der Waals surface area contributed by atoms with Crippen molar-refractivity contribution in [2.75, 3.05) is 7.05 Å². The summed E-state index contributed by atoms with van der Waals surface area (Å²) in [5.41, 5.74) is 5.85. The Kier molecular flexibility index (Phi) is 4.54. The Morgan fingerprint density at radius 2 is 1.74 bits per heavy atom. The maximum absolute atomic E-state index is 12.7. The van der Waals surface area contributed by atoms with E-state index < -0.39 is 5.54 Å². The molecule has 2 saturated carbocycles. The lowest BCUT2D eigenvalue weighted by Gasteiger charge is -2.42. The Balaban J connectivity index is 1.98. The fraction of sp³-hybridized carbons (Fsp3) is 0.938. The Bertz CT molecular complexity index is 323. The summed E-state index contributed by atoms with van der Waals surface area (Å²) in [6.45, 7) is 4.53. The fourth-order valence-electron chi connectivity index (χ4n) is 3.93. The minimum absolute atomic E-state index is 0.193. The van der Waals surface area contributed by atoms with Crippen LogP contribution >= 0.6 is 0 Å². The zero-order chi connectivity index (χ0) is 14.0. The first-order valence-corrected chi connectivity index (χ1v) is 7.98. The summed E-state index contributed by atoms with van der Waals surface area (Å²) in [6, 6.07) is 0.418. The highest BCUT2D eigenvalue weighted by atomic mass is 16.2. The number of amides is 1. The summed E-state index contributed by atoms with van der Waals surface area (Å²) in [4.78, 5) is 14.7. The molecule has 0 bridgehead atoms. The summed E-state index contributed by atoms with van der Waals surface area (Å²) >= 11 is 0. The molecule has 1 amide bonds. The summed E-state index contributed by atoms with van der Waals surface area (Å²) in [6.07, 6.45) is 8.83. The molecule has 2 aliphatic carbocycles. The van der Waals surface area contributed by atoms with Crippen molar-refractivity contribution in [3.05, 3.63) is 0 Å². The number of hydrogen-bond donors (Lipinski definition) is 1. The van der Waals surface area contributed by atoms with Crippen LogP contribution < -0.4 is 5.73 Å². The van der Waals surface area contributed by atoms with Gasteiger partial charge in [-0.05, 0) is 50.4 Å². The molecule has 3 nitrogen and oxygen atoms in total. The average Bonchev–Trinajstić information content (AvgIpc) is 2.37. The third kappa shape index (κ3) is 3.31. The molecular weight excluding hydrogens is 236 g/mol. The molecule has 3 heteroatoms. The third-order valence-electron chi connectivity index (χ3n) is 5.31. The second-order valence-electron chi connectivity index (χ2n) is 7.19. The first kappa shape index (κ1) is 14.8. The lowest BCUT2D eigenvalue weighted by atomic mass is 9.75. The Labute approximate surface area is 117 Å². The van der Waals surface area contributed by atoms with Crippen LogP contribution in [-0.4, -0.2) is 29.4 Å². The Morgan fingerprint density at radius 3 is 2.32 bits per heavy atom. The first-order chi connectivity index (χ1) is 8.92. The lowest BCUT2D eigenvalue weighted by Crippen LogP contribution is -2.58. The SMILES string of the molecule is CC1CCC(N(C)C(=O)C2(N)CCCC(C)C2)CC1. The Morgan fingerprint density at radius 1 is 1.11 bits per heavy atom. The van der Waals surface area contributed by atoms with Gasteiger partial charge in [-0.2, -0.15) is 0 Å². The smallest absolute Gasteiger partial charge is 0.242 e. The van der Waals surface area contributed by atoms with Gasteiger partial charge in [0.2, 0.25) is 5.91 Å². The van der Waals surface area contributed by atoms with E-state index in [0.717, 1.165) is 38.0 Å². The molecule has 0 aromatic heterocycles. The van der Waals surface area contributed by atoms with Crippen LogP contribution in [0.1, 0.15) is 65.2 Å². The van der Waals surface area contributed by atoms with Crippen molar-refractivity contribution in [2.24, 2.45) is 17.6 Å². The van der Waals surface area contributed by atoms with Crippen LogP contribution in [0.25, 0.3) is 0 Å². The molecule has 2 atom stereocenters. The summed E-state index contributed by atoms with van der Waals surface area (Å²) in [5.74, 6) is 1.60. The zero-order valence-electron chi connectivity index (χ0n) is 12.8. The molecule has 2 N–H and O–H groups in total. The maximum atomic E-state index is 12.7. The van der Waals surface area contributed by atoms with Crippen molar-refractivity contribution in [1.29, 1.82) is 0 Å². The van der Waals surface area contributed by atoms with E-state index in [1.165, 1.54) is 19.3 Å². The molecule has 2 rings (SSSR count). The van der Waals surface area contributed by atoms with Crippen molar-refractivity contribution in [1.82, 2.24) is 4.90 Å². The highest BCUT2D eigenvalue weighted by Gasteiger charge is 2.41. The molecule has 0 aromatic rings. The first-order valence-electron chi connectivity index (χ1n) is 7.98. The highest BCUT2D eigenvalue weighted by molar-refractivity contribution is 5.86. The highest BCUT2D eigenvalue weighted by Crippen LogP contribution is 2.34. The van der Waals surface area contributed by atoms with Gasteiger partial charge in [0, 0.05) is 13.1 Å². The van der Waals surface area contributed by atoms with Gasteiger partial charge in [-0.25, -0.2) is 0 Å². The van der Waals surface area contributed by atoms with Crippen LogP contribution in [0.2, 0.25) is 0 Å². The van der Waals surface area contributed by atoms with Crippen molar-refractivity contribution in [2.45, 2.75) is 76.8 Å². The van der Waals surface area contributed by atoms with Gasteiger partial charge in [-0.1, -0.05) is 26.7 Å². The normalized spacial score (nSPS) is 39.9. The van der Waals surface area contributed by atoms with E-state index in [1.807, 2.05) is 11.9 Å². The molecule has 0 saturated heterocycles. The molecule has 19 heavy (non-hydrogen) atoms. The lowest BCUT2D eigenvalue weighted by molar-refractivity contribution is -0.140. The van der Waals surface area contributed by atoms with Crippen LogP contribution in [0.15, 0.2) is 0 Å². The average molecular weight is 266 g/mol. The van der Waals surface area contributed by atoms with E-state index in [-0.39, 0.29) is 5.91 Å². The molecule has 0 aromatic carbocycles. The van der Waals surface area contributed by atoms with Crippen LogP contribution in [0.3, 0.4) is 0 Å². The topological polar surface area (TPSA) is 46.3 Å². The Hall–Kier alpha value is -0.570. The third-order valence-corrected chi connectivity index (χ3v) is 5.31. The van der Waals surface area contributed by atoms with Crippen LogP contribution in [0.5, 0.6) is 0 Å². The van der Waals surface area contributed by atoms with E-state index in [4.69, 9.17) is 5.73 Å². The number of carbonyl (C=O) groups excluding carboxylic acids is 1. The predicted octanol–water partition coefficient (Wildman–Crippen LogP) is 2.93. The van der Waals surface area contributed by atoms with Crippen molar-refractivity contribution < 1.29 is 4.79 Å². The van der Waals surface area contributed by atoms with Crippen LogP contribution in [0.4, 0.5) is 0 Å². The minimum atomic E-state index is -0.588. The molecule has 0 spiro atoms. The predicted molar refractivity (Wildman–Crippen MR) is 78.7 cm³/mol. The van der Waals surface area contributed by atoms with E-state index in [2.05, 4.69) is 13.8 Å². The van der Waals surface area contributed by atoms with Crippen molar-refractivity contribution >= 4 is 5.91 Å². The largest absolute Gasteiger partial charge is 0.341 e. The fourth-order valence-corrected chi connectivity index (χ4v) is 3.93. The van der Waals surface area contributed by atoms with Gasteiger partial charge in [-0.3, -0.25) is 4.79 Å². The van der Waals surface area contributed by atoms with Crippen LogP contribution in [-0.2, 0) is 4.79 Å². The van der Waals surface area contributed by atoms with E-state index in [0.29, 0.717) is 12.0 Å². The number of carbonyl (C=O) groups is 1. The van der Waals surface area contributed by atoms with Gasteiger partial charge in [0.1, 0.15) is 0 Å². The second-order valence-corrected chi connectivity index (χ2v) is 7.19. The summed E-state index contributed by atoms with van der Waals surface area (Å²) in [5, 5.41) is 0. The van der Waals surface area contributed by atoms with Gasteiger partial charge in [0.05, 0.1) is 5.54 Å².